The molecule has 1 fully saturated rings. The zero-order valence-corrected chi connectivity index (χ0v) is 13.4. The number of ether oxygens (including phenoxy) is 1. The second kappa shape index (κ2) is 6.74. The number of anilines is 1. The van der Waals surface area contributed by atoms with E-state index in [2.05, 4.69) is 31.2 Å². The van der Waals surface area contributed by atoms with Crippen LogP contribution in [0.5, 0.6) is 6.01 Å². The topological polar surface area (TPSA) is 67.4 Å². The van der Waals surface area contributed by atoms with Crippen molar-refractivity contribution in [3.63, 3.8) is 0 Å². The van der Waals surface area contributed by atoms with Gasteiger partial charge in [0.15, 0.2) is 0 Å². The highest BCUT2D eigenvalue weighted by Crippen LogP contribution is 2.17. The molecule has 2 heterocycles. The first-order valence-electron chi connectivity index (χ1n) is 6.96. The van der Waals surface area contributed by atoms with Crippen LogP contribution < -0.4 is 10.1 Å². The number of aromatic nitrogens is 2. The molecule has 1 aromatic carbocycles. The van der Waals surface area contributed by atoms with E-state index in [0.717, 1.165) is 16.6 Å². The molecule has 1 saturated heterocycles. The van der Waals surface area contributed by atoms with Gasteiger partial charge in [-0.25, -0.2) is 14.8 Å². The maximum atomic E-state index is 12.2. The molecule has 2 aromatic rings. The maximum absolute atomic E-state index is 12.2. The molecule has 2 amide bonds. The van der Waals surface area contributed by atoms with Crippen LogP contribution in [0, 0.1) is 0 Å². The first-order valence-corrected chi connectivity index (χ1v) is 7.75. The highest BCUT2D eigenvalue weighted by atomic mass is 79.9. The van der Waals surface area contributed by atoms with E-state index in [9.17, 15) is 4.79 Å². The van der Waals surface area contributed by atoms with Gasteiger partial charge in [0.05, 0.1) is 11.0 Å². The van der Waals surface area contributed by atoms with E-state index in [4.69, 9.17) is 4.74 Å². The van der Waals surface area contributed by atoms with Crippen LogP contribution in [0.1, 0.15) is 6.42 Å². The fourth-order valence-corrected chi connectivity index (χ4v) is 2.45. The normalized spacial score (nSPS) is 17.3. The van der Waals surface area contributed by atoms with Crippen LogP contribution in [-0.2, 0) is 0 Å². The van der Waals surface area contributed by atoms with Crippen molar-refractivity contribution in [3.8, 4) is 6.01 Å². The van der Waals surface area contributed by atoms with Crippen LogP contribution in [-0.4, -0.2) is 40.1 Å². The van der Waals surface area contributed by atoms with E-state index in [1.54, 1.807) is 17.3 Å². The second-order valence-corrected chi connectivity index (χ2v) is 5.87. The van der Waals surface area contributed by atoms with Crippen molar-refractivity contribution in [1.82, 2.24) is 14.9 Å². The average molecular weight is 363 g/mol. The number of carbonyl (C=O) groups excluding carboxylic acids is 1. The lowest BCUT2D eigenvalue weighted by Gasteiger charge is -2.17. The van der Waals surface area contributed by atoms with Gasteiger partial charge in [0.25, 0.3) is 0 Å². The number of rotatable bonds is 3. The summed E-state index contributed by atoms with van der Waals surface area (Å²) in [4.78, 5) is 22.1. The average Bonchev–Trinajstić information content (AvgIpc) is 2.99. The van der Waals surface area contributed by atoms with Crippen molar-refractivity contribution in [1.29, 1.82) is 0 Å². The number of para-hydroxylation sites is 1. The number of halogens is 1. The molecule has 22 heavy (non-hydrogen) atoms. The standard InChI is InChI=1S/C15H15BrN4O2/c16-11-8-17-14(18-9-11)22-13-6-7-20(10-13)15(21)19-12-4-2-1-3-5-12/h1-5,8-9,13H,6-7,10H2,(H,19,21)/t13-/m1/s1. The monoisotopic (exact) mass is 362 g/mol. The highest BCUT2D eigenvalue weighted by molar-refractivity contribution is 9.10. The number of amides is 2. The minimum atomic E-state index is -0.117. The molecule has 1 aliphatic rings. The smallest absolute Gasteiger partial charge is 0.321 e. The second-order valence-electron chi connectivity index (χ2n) is 4.95. The molecule has 1 N–H and O–H groups in total. The fraction of sp³-hybridized carbons (Fsp3) is 0.267. The Labute approximate surface area is 136 Å². The van der Waals surface area contributed by atoms with Gasteiger partial charge in [-0.2, -0.15) is 0 Å². The third-order valence-electron chi connectivity index (χ3n) is 3.33. The van der Waals surface area contributed by atoms with E-state index in [-0.39, 0.29) is 12.1 Å². The van der Waals surface area contributed by atoms with E-state index >= 15 is 0 Å². The third kappa shape index (κ3) is 3.73. The quantitative estimate of drug-likeness (QED) is 0.911. The maximum Gasteiger partial charge on any atom is 0.321 e. The molecule has 0 spiro atoms. The summed E-state index contributed by atoms with van der Waals surface area (Å²) >= 11 is 3.28. The van der Waals surface area contributed by atoms with Crippen LogP contribution >= 0.6 is 15.9 Å². The first kappa shape index (κ1) is 14.8. The fourth-order valence-electron chi connectivity index (χ4n) is 2.24. The number of benzene rings is 1. The van der Waals surface area contributed by atoms with Crippen molar-refractivity contribution in [2.45, 2.75) is 12.5 Å². The van der Waals surface area contributed by atoms with Crippen molar-refractivity contribution in [2.75, 3.05) is 18.4 Å². The molecule has 0 aliphatic carbocycles. The summed E-state index contributed by atoms with van der Waals surface area (Å²) < 4.78 is 6.50. The van der Waals surface area contributed by atoms with E-state index in [1.807, 2.05) is 30.3 Å². The molecule has 3 rings (SSSR count). The number of nitrogens with zero attached hydrogens (tertiary/aromatic N) is 3. The van der Waals surface area contributed by atoms with Gasteiger partial charge in [-0.1, -0.05) is 18.2 Å². The molecule has 1 aliphatic heterocycles. The minimum Gasteiger partial charge on any atom is -0.458 e. The van der Waals surface area contributed by atoms with Crippen molar-refractivity contribution >= 4 is 27.6 Å². The summed E-state index contributed by atoms with van der Waals surface area (Å²) in [6, 6.07) is 9.61. The Kier molecular flexibility index (Phi) is 4.53. The Balaban J connectivity index is 1.53. The molecular formula is C15H15BrN4O2. The molecule has 6 nitrogen and oxygen atoms in total. The predicted octanol–water partition coefficient (Wildman–Crippen LogP) is 2.92. The predicted molar refractivity (Wildman–Crippen MR) is 85.8 cm³/mol. The molecular weight excluding hydrogens is 348 g/mol. The summed E-state index contributed by atoms with van der Waals surface area (Å²) in [5.74, 6) is 0. The molecule has 0 bridgehead atoms. The van der Waals surface area contributed by atoms with Crippen LogP contribution in [0.2, 0.25) is 0 Å². The van der Waals surface area contributed by atoms with Gasteiger partial charge < -0.3 is 15.0 Å². The Hall–Kier alpha value is -2.15. The summed E-state index contributed by atoms with van der Waals surface area (Å²) in [7, 11) is 0. The van der Waals surface area contributed by atoms with Gasteiger partial charge in [0, 0.05) is 31.0 Å². The number of hydrogen-bond donors (Lipinski definition) is 1. The largest absolute Gasteiger partial charge is 0.458 e. The Morgan fingerprint density at radius 3 is 2.73 bits per heavy atom. The van der Waals surface area contributed by atoms with Crippen molar-refractivity contribution < 1.29 is 9.53 Å². The van der Waals surface area contributed by atoms with Gasteiger partial charge >= 0.3 is 12.0 Å². The summed E-state index contributed by atoms with van der Waals surface area (Å²) in [6.07, 6.45) is 3.96. The summed E-state index contributed by atoms with van der Waals surface area (Å²) in [6.45, 7) is 1.18. The molecule has 1 aromatic heterocycles. The Morgan fingerprint density at radius 2 is 2.00 bits per heavy atom. The van der Waals surface area contributed by atoms with E-state index in [0.29, 0.717) is 19.1 Å². The lowest BCUT2D eigenvalue weighted by molar-refractivity contribution is 0.184. The van der Waals surface area contributed by atoms with Crippen molar-refractivity contribution in [3.05, 3.63) is 47.2 Å². The molecule has 0 saturated carbocycles. The van der Waals surface area contributed by atoms with Gasteiger partial charge in [-0.15, -0.1) is 0 Å². The number of likely N-dealkylation sites (tertiary alicyclic amines) is 1. The Bertz CT molecular complexity index is 636. The molecule has 1 atom stereocenters. The van der Waals surface area contributed by atoms with Crippen LogP contribution in [0.25, 0.3) is 0 Å². The van der Waals surface area contributed by atoms with Crippen LogP contribution in [0.3, 0.4) is 0 Å². The van der Waals surface area contributed by atoms with Gasteiger partial charge in [0.2, 0.25) is 0 Å². The molecule has 7 heteroatoms. The van der Waals surface area contributed by atoms with Gasteiger partial charge in [0.1, 0.15) is 6.10 Å². The number of carbonyl (C=O) groups is 1. The first-order chi connectivity index (χ1) is 10.7. The van der Waals surface area contributed by atoms with Crippen molar-refractivity contribution in [2.24, 2.45) is 0 Å². The number of urea groups is 1. The number of hydrogen-bond acceptors (Lipinski definition) is 4. The SMILES string of the molecule is O=C(Nc1ccccc1)N1CC[C@@H](Oc2ncc(Br)cn2)C1. The summed E-state index contributed by atoms with van der Waals surface area (Å²) in [5, 5.41) is 2.87. The van der Waals surface area contributed by atoms with Crippen LogP contribution in [0.4, 0.5) is 10.5 Å². The zero-order valence-electron chi connectivity index (χ0n) is 11.8. The Morgan fingerprint density at radius 1 is 1.27 bits per heavy atom. The minimum absolute atomic E-state index is 0.0808. The molecule has 114 valence electrons. The lowest BCUT2D eigenvalue weighted by atomic mass is 10.3. The van der Waals surface area contributed by atoms with Gasteiger partial charge in [-0.05, 0) is 28.1 Å². The number of nitrogens with one attached hydrogen (secondary N) is 1. The molecule has 0 radical (unpaired) electrons. The van der Waals surface area contributed by atoms with E-state index < -0.39 is 0 Å². The van der Waals surface area contributed by atoms with E-state index in [1.165, 1.54) is 0 Å². The van der Waals surface area contributed by atoms with Gasteiger partial charge in [-0.3, -0.25) is 0 Å². The third-order valence-corrected chi connectivity index (χ3v) is 3.74. The zero-order chi connectivity index (χ0) is 15.4. The molecule has 0 unspecified atom stereocenters. The van der Waals surface area contributed by atoms with Crippen LogP contribution in [0.15, 0.2) is 47.2 Å². The highest BCUT2D eigenvalue weighted by Gasteiger charge is 2.28. The lowest BCUT2D eigenvalue weighted by Crippen LogP contribution is -2.34. The summed E-state index contributed by atoms with van der Waals surface area (Å²) in [5.41, 5.74) is 0.785.